The van der Waals surface area contributed by atoms with Crippen molar-refractivity contribution in [2.75, 3.05) is 26.7 Å². The third kappa shape index (κ3) is 24.0. The van der Waals surface area contributed by atoms with Gasteiger partial charge in [-0.2, -0.15) is 14.0 Å². The summed E-state index contributed by atoms with van der Waals surface area (Å²) in [7, 11) is 1.36. The first-order chi connectivity index (χ1) is 65.1. The van der Waals surface area contributed by atoms with Gasteiger partial charge in [0.15, 0.2) is 0 Å². The Morgan fingerprint density at radius 3 is 1.00 bits per heavy atom. The van der Waals surface area contributed by atoms with E-state index in [1.807, 2.05) is 87.5 Å². The number of carboxylic acids is 2. The average Bonchev–Trinajstić information content (AvgIpc) is 1.57. The van der Waals surface area contributed by atoms with Crippen LogP contribution in [0.15, 0.2) is 274 Å². The number of benzene rings is 9. The van der Waals surface area contributed by atoms with Crippen molar-refractivity contribution in [1.29, 1.82) is 0 Å². The molecule has 15 aromatic rings. The summed E-state index contributed by atoms with van der Waals surface area (Å²) in [5, 5.41) is 54.7. The molecule has 133 heavy (non-hydrogen) atoms. The molecule has 3 fully saturated rings. The molecule has 37 heteroatoms. The Kier molecular flexibility index (Phi) is 32.4. The van der Waals surface area contributed by atoms with E-state index in [0.717, 1.165) is 66.5 Å². The van der Waals surface area contributed by atoms with Crippen molar-refractivity contribution in [3.05, 3.63) is 357 Å². The number of tetrazole rings is 3. The summed E-state index contributed by atoms with van der Waals surface area (Å²) < 4.78 is 15.9. The van der Waals surface area contributed by atoms with Gasteiger partial charge in [0, 0.05) is 105 Å². The molecule has 0 bridgehead atoms. The maximum Gasteiger partial charge on any atom is 0.369 e. The van der Waals surface area contributed by atoms with Crippen LogP contribution in [0.25, 0.3) is 69.1 Å². The van der Waals surface area contributed by atoms with Gasteiger partial charge in [0.2, 0.25) is 17.7 Å². The number of hydrogen-bond acceptors (Lipinski definition) is 19. The Bertz CT molecular complexity index is 6360. The number of aromatic amines is 3. The molecule has 6 aromatic heterocycles. The smallest absolute Gasteiger partial charge is 0.369 e. The van der Waals surface area contributed by atoms with Gasteiger partial charge in [-0.15, -0.1) is 62.6 Å². The number of hydrogen-bond donors (Lipinski definition) is 5. The summed E-state index contributed by atoms with van der Waals surface area (Å²) in [6.45, 7) is 3.97. The Balaban J connectivity index is 0.000000156. The maximum atomic E-state index is 13.9. The number of carbonyl (C=O) groups is 6. The number of piperidine rings is 3. The highest BCUT2D eigenvalue weighted by Gasteiger charge is 2.41. The number of ether oxygens (including phenoxy) is 1. The fraction of sp³-hybridized carbons (Fsp3) is 0.188. The normalized spacial score (nSPS) is 16.5. The number of carbonyl (C=O) groups excluding carboxylic acids is 4. The van der Waals surface area contributed by atoms with Crippen LogP contribution in [0.3, 0.4) is 0 Å². The predicted molar refractivity (Wildman–Crippen MR) is 519 cm³/mol. The molecule has 3 aliphatic rings. The number of esters is 1. The van der Waals surface area contributed by atoms with Crippen LogP contribution in [0.1, 0.15) is 172 Å². The molecule has 9 aromatic carbocycles. The van der Waals surface area contributed by atoms with Gasteiger partial charge in [-0.25, -0.2) is 29.3 Å². The number of halogens is 6. The lowest BCUT2D eigenvalue weighted by Crippen LogP contribution is -2.41. The van der Waals surface area contributed by atoms with E-state index in [9.17, 15) is 39.0 Å². The SMILES string of the molecule is BrB(Br)Br.COC(=O)c1cccc(-c2cnc([C@@H]3[C@H](c4ccccc4)CCCN3C(=O)/C=C/c3cc(Cl)ccc3-n3cnnn3)[nH]2)c1.O=C(O)c1cccc(-c2cnc([C@@H]3[C@H](c4ccccc4)CCCN3C(=O)/C=C/c3cc(Cl)ccc3-n3cnnn3)[nH]2)c1.O=C(O)c1cccc(-c2cnc([C@@H]3[C@H](c4ccccc4)CCCN3C(=O)/C=C/c3cc(Cl)ccc3-n3cnnn3)[nH]2)c1.[2H]CC. The van der Waals surface area contributed by atoms with Crippen molar-refractivity contribution in [2.24, 2.45) is 0 Å². The van der Waals surface area contributed by atoms with E-state index in [-0.39, 0.29) is 67.9 Å². The van der Waals surface area contributed by atoms with Gasteiger partial charge in [0.05, 0.1) is 94.7 Å². The minimum atomic E-state index is -1.00. The van der Waals surface area contributed by atoms with Crippen molar-refractivity contribution in [3.63, 3.8) is 0 Å². The van der Waals surface area contributed by atoms with Crippen LogP contribution >= 0.6 is 82.1 Å². The number of rotatable bonds is 21. The van der Waals surface area contributed by atoms with Crippen LogP contribution < -0.4 is 0 Å². The highest BCUT2D eigenvalue weighted by atomic mass is 79.9. The minimum Gasteiger partial charge on any atom is -0.478 e. The van der Waals surface area contributed by atoms with Crippen LogP contribution in [0.5, 0.6) is 0 Å². The topological polar surface area (TPSA) is 379 Å². The van der Waals surface area contributed by atoms with E-state index >= 15 is 0 Å². The van der Waals surface area contributed by atoms with Crippen molar-refractivity contribution >= 4 is 139 Å². The van der Waals surface area contributed by atoms with Crippen LogP contribution in [0.4, 0.5) is 0 Å². The summed E-state index contributed by atoms with van der Waals surface area (Å²) >= 11 is 28.2. The second kappa shape index (κ2) is 45.9. The van der Waals surface area contributed by atoms with E-state index in [4.69, 9.17) is 55.9 Å². The van der Waals surface area contributed by atoms with Crippen molar-refractivity contribution in [1.82, 2.24) is 105 Å². The molecule has 6 atom stereocenters. The van der Waals surface area contributed by atoms with Gasteiger partial charge in [-0.05, 0) is 196 Å². The number of aromatic carboxylic acids is 2. The number of imidazole rings is 3. The van der Waals surface area contributed by atoms with E-state index in [0.29, 0.717) is 121 Å². The molecule has 18 rings (SSSR count). The first-order valence-electron chi connectivity index (χ1n) is 42.7. The molecule has 0 saturated carbocycles. The zero-order valence-electron chi connectivity index (χ0n) is 72.4. The molecule has 674 valence electrons. The Hall–Kier alpha value is -13.8. The molecule has 30 nitrogen and oxygen atoms in total. The number of likely N-dealkylation sites (tertiary alicyclic amines) is 3. The first kappa shape index (κ1) is 93.9. The molecular weight excluding hydrogens is 1950 g/mol. The van der Waals surface area contributed by atoms with Crippen molar-refractivity contribution in [2.45, 2.75) is 88.2 Å². The highest BCUT2D eigenvalue weighted by molar-refractivity contribution is 9.69. The monoisotopic (exact) mass is 2030 g/mol. The van der Waals surface area contributed by atoms with E-state index < -0.39 is 17.9 Å². The molecule has 0 radical (unpaired) electrons. The van der Waals surface area contributed by atoms with Gasteiger partial charge in [-0.1, -0.05) is 176 Å². The number of aromatic nitrogens is 18. The quantitative estimate of drug-likeness (QED) is 0.0253. The lowest BCUT2D eigenvalue weighted by Gasteiger charge is -2.40. The molecule has 0 unspecified atom stereocenters. The number of H-pyrrole nitrogens is 3. The summed E-state index contributed by atoms with van der Waals surface area (Å²) in [5.41, 5.74) is 12.6. The Morgan fingerprint density at radius 1 is 0.429 bits per heavy atom. The van der Waals surface area contributed by atoms with Crippen LogP contribution in [0, 0.1) is 0 Å². The Labute approximate surface area is 806 Å². The molecule has 5 N–H and O–H groups in total. The zero-order valence-corrected chi connectivity index (χ0v) is 78.4. The lowest BCUT2D eigenvalue weighted by molar-refractivity contribution is -0.131. The first-order valence-corrected chi connectivity index (χ1v) is 45.9. The number of amides is 3. The predicted octanol–water partition coefficient (Wildman–Crippen LogP) is 20.0. The second-order valence-electron chi connectivity index (χ2n) is 30.4. The molecule has 9 heterocycles. The third-order valence-electron chi connectivity index (χ3n) is 22.5. The summed E-state index contributed by atoms with van der Waals surface area (Å²) in [6, 6.07) is 65.8. The molecule has 3 saturated heterocycles. The summed E-state index contributed by atoms with van der Waals surface area (Å²) in [6.07, 6.45) is 24.6. The number of nitrogens with one attached hydrogen (secondary N) is 3. The van der Waals surface area contributed by atoms with Gasteiger partial charge in [0.25, 0.3) is 0 Å². The van der Waals surface area contributed by atoms with Crippen LogP contribution in [-0.2, 0) is 19.1 Å². The summed E-state index contributed by atoms with van der Waals surface area (Å²) in [5.74, 6) is -0.933. The van der Waals surface area contributed by atoms with Crippen molar-refractivity contribution in [3.8, 4) is 50.8 Å². The van der Waals surface area contributed by atoms with Crippen molar-refractivity contribution < 1.29 is 45.1 Å². The second-order valence-corrected chi connectivity index (χ2v) is 38.2. The van der Waals surface area contributed by atoms with Gasteiger partial charge < -0.3 is 44.6 Å². The minimum absolute atomic E-state index is 0.00427. The zero-order chi connectivity index (χ0) is 94.2. The van der Waals surface area contributed by atoms with Crippen LogP contribution in [0.2, 0.25) is 15.1 Å². The van der Waals surface area contributed by atoms with Gasteiger partial charge in [-0.3, -0.25) is 14.4 Å². The van der Waals surface area contributed by atoms with E-state index in [1.165, 1.54) is 40.1 Å². The average molecular weight is 2040 g/mol. The molecular formula is C96H86BBr3Cl3N21O9. The van der Waals surface area contributed by atoms with Crippen LogP contribution in [-0.4, -0.2) is 181 Å². The third-order valence-corrected chi connectivity index (χ3v) is 23.2. The van der Waals surface area contributed by atoms with E-state index in [2.05, 4.69) is 145 Å². The number of nitrogens with zero attached hydrogens (tertiary/aromatic N) is 18. The van der Waals surface area contributed by atoms with Gasteiger partial charge in [0.1, 0.15) is 36.5 Å². The Morgan fingerprint density at radius 2 is 0.722 bits per heavy atom. The lowest BCUT2D eigenvalue weighted by atomic mass is 9.83. The number of methoxy groups -OCH3 is 1. The molecule has 3 aliphatic heterocycles. The summed E-state index contributed by atoms with van der Waals surface area (Å²) in [4.78, 5) is 107. The fourth-order valence-corrected chi connectivity index (χ4v) is 17.1. The molecule has 0 aliphatic carbocycles. The number of carboxylic acid groups (broad SMARTS) is 2. The fourth-order valence-electron chi connectivity index (χ4n) is 16.6. The molecule has 3 amide bonds. The van der Waals surface area contributed by atoms with E-state index in [1.54, 1.807) is 171 Å². The maximum absolute atomic E-state index is 13.9. The highest BCUT2D eigenvalue weighted by Crippen LogP contribution is 2.46. The largest absolute Gasteiger partial charge is 0.478 e. The standard InChI is InChI=1S/C32H28ClN7O3.2C31H26ClN7O3.C2H6.BBr3/c1-43-32(42)24-10-5-9-22(17-24)27-19-34-31(36-27)30-26(21-7-3-2-4-8-21)11-6-16-39(30)29(41)15-12-23-18-25(33)13-14-28(23)40-20-35-37-38-40;2*32-24-12-13-27(39-19-34-36-37-39)22(17-24)11-14-28(40)38-15-5-10-25(20-6-2-1-3-7-20)29(38)30-33-18-26(35-30)21-8-4-9-23(16-21)31(41)42;1-2;2-1(3)4/h2-5,7-10,12-15,17-20,26,30H,6,11,16H2,1H3,(H,34,36);2*1-4,6-9,11-14,16-19,25,29H,5,10,15H2,(H,33,35)(H,41,42);1-2H3;/b15-12+;2*14-11+;;/t26-,30-;2*25-,29-;;/m000../s1/i;;;1D;. The molecule has 0 spiro atoms. The van der Waals surface area contributed by atoms with Gasteiger partial charge >= 0.3 is 21.1 Å².